The van der Waals surface area contributed by atoms with E-state index in [4.69, 9.17) is 4.74 Å². The van der Waals surface area contributed by atoms with Gasteiger partial charge in [0.25, 0.3) is 0 Å². The van der Waals surface area contributed by atoms with Gasteiger partial charge in [-0.1, -0.05) is 0 Å². The van der Waals surface area contributed by atoms with E-state index in [-0.39, 0.29) is 31.4 Å². The summed E-state index contributed by atoms with van der Waals surface area (Å²) in [6.07, 6.45) is 2.01. The fraction of sp³-hybridized carbons (Fsp3) is 0.455. The SMILES string of the molecule is COC(=O)/C=C/C(=O)OCC[C@@H]1NC(=O)CNC1=O. The van der Waals surface area contributed by atoms with Gasteiger partial charge in [0.2, 0.25) is 11.8 Å². The molecule has 0 aliphatic carbocycles. The van der Waals surface area contributed by atoms with Gasteiger partial charge in [-0.2, -0.15) is 0 Å². The first-order valence-electron chi connectivity index (χ1n) is 5.53. The molecule has 2 N–H and O–H groups in total. The second kappa shape index (κ2) is 7.14. The normalized spacial score (nSPS) is 18.7. The Morgan fingerprint density at radius 3 is 2.68 bits per heavy atom. The molecule has 0 spiro atoms. The maximum atomic E-state index is 11.3. The van der Waals surface area contributed by atoms with Gasteiger partial charge < -0.3 is 20.1 Å². The average molecular weight is 270 g/mol. The lowest BCUT2D eigenvalue weighted by molar-refractivity contribution is -0.140. The third-order valence-electron chi connectivity index (χ3n) is 2.28. The third kappa shape index (κ3) is 5.19. The van der Waals surface area contributed by atoms with Crippen molar-refractivity contribution in [3.63, 3.8) is 0 Å². The summed E-state index contributed by atoms with van der Waals surface area (Å²) in [6.45, 7) is -0.0975. The molecular formula is C11H14N2O6. The minimum absolute atomic E-state index is 0.0447. The smallest absolute Gasteiger partial charge is 0.331 e. The maximum absolute atomic E-state index is 11.3. The number of carbonyl (C=O) groups is 4. The lowest BCUT2D eigenvalue weighted by Gasteiger charge is -2.22. The Kier molecular flexibility index (Phi) is 5.52. The molecule has 0 bridgehead atoms. The monoisotopic (exact) mass is 270 g/mol. The zero-order valence-electron chi connectivity index (χ0n) is 10.3. The highest BCUT2D eigenvalue weighted by Gasteiger charge is 2.25. The van der Waals surface area contributed by atoms with Crippen LogP contribution in [-0.4, -0.2) is 50.1 Å². The lowest BCUT2D eigenvalue weighted by atomic mass is 10.1. The maximum Gasteiger partial charge on any atom is 0.331 e. The molecule has 0 aromatic heterocycles. The summed E-state index contributed by atoms with van der Waals surface area (Å²) in [4.78, 5) is 44.2. The molecule has 1 fully saturated rings. The predicted octanol–water partition coefficient (Wildman–Crippen LogP) is -1.74. The number of amides is 2. The number of methoxy groups -OCH3 is 1. The van der Waals surface area contributed by atoms with Crippen molar-refractivity contribution < 1.29 is 28.7 Å². The summed E-state index contributed by atoms with van der Waals surface area (Å²) in [7, 11) is 1.18. The number of piperazine rings is 1. The van der Waals surface area contributed by atoms with Crippen LogP contribution in [0.1, 0.15) is 6.42 Å². The van der Waals surface area contributed by atoms with Crippen LogP contribution < -0.4 is 10.6 Å². The first kappa shape index (κ1) is 14.7. The van der Waals surface area contributed by atoms with Crippen LogP contribution in [0.15, 0.2) is 12.2 Å². The first-order valence-corrected chi connectivity index (χ1v) is 5.53. The van der Waals surface area contributed by atoms with E-state index in [2.05, 4.69) is 15.4 Å². The Hall–Kier alpha value is -2.38. The van der Waals surface area contributed by atoms with E-state index in [9.17, 15) is 19.2 Å². The summed E-state index contributed by atoms with van der Waals surface area (Å²) in [5.41, 5.74) is 0. The third-order valence-corrected chi connectivity index (χ3v) is 2.28. The Balaban J connectivity index is 2.27. The molecule has 0 aromatic carbocycles. The molecule has 104 valence electrons. The quantitative estimate of drug-likeness (QED) is 0.453. The molecule has 1 heterocycles. The highest BCUT2D eigenvalue weighted by Crippen LogP contribution is 1.98. The van der Waals surface area contributed by atoms with Gasteiger partial charge in [0.15, 0.2) is 0 Å². The molecule has 0 aromatic rings. The van der Waals surface area contributed by atoms with E-state index < -0.39 is 18.0 Å². The van der Waals surface area contributed by atoms with Crippen molar-refractivity contribution in [1.29, 1.82) is 0 Å². The minimum atomic E-state index is -0.729. The standard InChI is InChI=1S/C11H14N2O6/c1-18-9(15)2-3-10(16)19-5-4-7-11(17)12-6-8(14)13-7/h2-3,7H,4-6H2,1H3,(H,12,17)(H,13,14)/b3-2+/t7-/m0/s1. The lowest BCUT2D eigenvalue weighted by Crippen LogP contribution is -2.56. The Morgan fingerprint density at radius 2 is 2.00 bits per heavy atom. The molecule has 1 saturated heterocycles. The number of rotatable bonds is 5. The minimum Gasteiger partial charge on any atom is -0.466 e. The van der Waals surface area contributed by atoms with E-state index in [1.165, 1.54) is 7.11 Å². The van der Waals surface area contributed by atoms with E-state index in [0.29, 0.717) is 0 Å². The number of hydrogen-bond donors (Lipinski definition) is 2. The van der Waals surface area contributed by atoms with E-state index in [1.54, 1.807) is 0 Å². The number of carbonyl (C=O) groups excluding carboxylic acids is 4. The summed E-state index contributed by atoms with van der Waals surface area (Å²) < 4.78 is 9.05. The van der Waals surface area contributed by atoms with Crippen LogP contribution in [0, 0.1) is 0 Å². The van der Waals surface area contributed by atoms with Crippen molar-refractivity contribution in [2.75, 3.05) is 20.3 Å². The molecule has 0 saturated carbocycles. The Morgan fingerprint density at radius 1 is 1.32 bits per heavy atom. The van der Waals surface area contributed by atoms with Crippen LogP contribution in [0.2, 0.25) is 0 Å². The number of esters is 2. The highest BCUT2D eigenvalue weighted by molar-refractivity contribution is 5.94. The zero-order chi connectivity index (χ0) is 14.3. The second-order valence-electron chi connectivity index (χ2n) is 3.65. The molecule has 0 unspecified atom stereocenters. The van der Waals surface area contributed by atoms with Gasteiger partial charge in [0, 0.05) is 18.6 Å². The van der Waals surface area contributed by atoms with Gasteiger partial charge in [-0.25, -0.2) is 9.59 Å². The summed E-state index contributed by atoms with van der Waals surface area (Å²) in [6, 6.07) is -0.710. The Labute approximate surface area is 109 Å². The second-order valence-corrected chi connectivity index (χ2v) is 3.65. The van der Waals surface area contributed by atoms with Crippen LogP contribution in [0.4, 0.5) is 0 Å². The summed E-state index contributed by atoms with van der Waals surface area (Å²) >= 11 is 0. The van der Waals surface area contributed by atoms with Gasteiger partial charge in [-0.05, 0) is 0 Å². The molecule has 1 aliphatic heterocycles. The van der Waals surface area contributed by atoms with Gasteiger partial charge >= 0.3 is 11.9 Å². The van der Waals surface area contributed by atoms with Gasteiger partial charge in [0.05, 0.1) is 20.3 Å². The van der Waals surface area contributed by atoms with Gasteiger partial charge in [-0.3, -0.25) is 9.59 Å². The van der Waals surface area contributed by atoms with E-state index >= 15 is 0 Å². The zero-order valence-corrected chi connectivity index (χ0v) is 10.3. The van der Waals surface area contributed by atoms with Crippen LogP contribution in [0.3, 0.4) is 0 Å². The van der Waals surface area contributed by atoms with Crippen molar-refractivity contribution in [3.05, 3.63) is 12.2 Å². The topological polar surface area (TPSA) is 111 Å². The molecule has 0 radical (unpaired) electrons. The summed E-state index contributed by atoms with van der Waals surface area (Å²) in [5.74, 6) is -2.01. The van der Waals surface area contributed by atoms with E-state index in [1.807, 2.05) is 0 Å². The molecule has 1 aliphatic rings. The Bertz CT molecular complexity index is 417. The molecule has 2 amide bonds. The first-order chi connectivity index (χ1) is 9.02. The molecule has 1 rings (SSSR count). The fourth-order valence-electron chi connectivity index (χ4n) is 1.33. The molecular weight excluding hydrogens is 256 g/mol. The number of ether oxygens (including phenoxy) is 2. The van der Waals surface area contributed by atoms with Crippen LogP contribution in [-0.2, 0) is 28.7 Å². The van der Waals surface area contributed by atoms with Crippen molar-refractivity contribution in [1.82, 2.24) is 10.6 Å². The average Bonchev–Trinajstić information content (AvgIpc) is 2.40. The molecule has 8 heteroatoms. The molecule has 8 nitrogen and oxygen atoms in total. The number of hydrogen-bond acceptors (Lipinski definition) is 6. The summed E-state index contributed by atoms with van der Waals surface area (Å²) in [5, 5.41) is 4.87. The highest BCUT2D eigenvalue weighted by atomic mass is 16.5. The van der Waals surface area contributed by atoms with Crippen molar-refractivity contribution in [2.24, 2.45) is 0 Å². The van der Waals surface area contributed by atoms with Gasteiger partial charge in [-0.15, -0.1) is 0 Å². The molecule has 19 heavy (non-hydrogen) atoms. The van der Waals surface area contributed by atoms with Crippen molar-refractivity contribution in [2.45, 2.75) is 12.5 Å². The van der Waals surface area contributed by atoms with Crippen molar-refractivity contribution >= 4 is 23.8 Å². The van der Waals surface area contributed by atoms with Crippen LogP contribution >= 0.6 is 0 Å². The van der Waals surface area contributed by atoms with E-state index in [0.717, 1.165) is 12.2 Å². The molecule has 1 atom stereocenters. The number of nitrogens with one attached hydrogen (secondary N) is 2. The van der Waals surface area contributed by atoms with Gasteiger partial charge in [0.1, 0.15) is 6.04 Å². The largest absolute Gasteiger partial charge is 0.466 e. The fourth-order valence-corrected chi connectivity index (χ4v) is 1.33. The predicted molar refractivity (Wildman–Crippen MR) is 61.7 cm³/mol. The van der Waals surface area contributed by atoms with Crippen LogP contribution in [0.25, 0.3) is 0 Å². The van der Waals surface area contributed by atoms with Crippen LogP contribution in [0.5, 0.6) is 0 Å². The van der Waals surface area contributed by atoms with Crippen molar-refractivity contribution in [3.8, 4) is 0 Å².